The third-order valence-corrected chi connectivity index (χ3v) is 7.12. The first kappa shape index (κ1) is 25.3. The summed E-state index contributed by atoms with van der Waals surface area (Å²) in [6.45, 7) is 13.7. The van der Waals surface area contributed by atoms with Crippen molar-refractivity contribution in [3.05, 3.63) is 81.6 Å². The van der Waals surface area contributed by atoms with Gasteiger partial charge in [-0.25, -0.2) is 4.68 Å². The largest absolute Gasteiger partial charge is 0.369 e. The normalized spacial score (nSPS) is 15.3. The molecule has 0 saturated carbocycles. The SMILES string of the molecule is Cc1ccc(Cn2nc(C)c(C(=O)NC(C)CCN3CCN(c4cccc(C)c4)CC3)c2Cl)cc1. The van der Waals surface area contributed by atoms with Gasteiger partial charge in [0.15, 0.2) is 0 Å². The smallest absolute Gasteiger partial charge is 0.256 e. The quantitative estimate of drug-likeness (QED) is 0.488. The summed E-state index contributed by atoms with van der Waals surface area (Å²) in [5, 5.41) is 8.04. The first-order chi connectivity index (χ1) is 16.8. The van der Waals surface area contributed by atoms with Crippen LogP contribution in [0.4, 0.5) is 5.69 Å². The molecule has 1 aliphatic heterocycles. The van der Waals surface area contributed by atoms with Crippen LogP contribution in [0.15, 0.2) is 48.5 Å². The molecule has 1 fully saturated rings. The zero-order chi connectivity index (χ0) is 24.9. The standard InChI is InChI=1S/C28H36ClN5O/c1-20-8-10-24(11-9-20)19-34-27(29)26(23(4)31-34)28(35)30-22(3)12-13-32-14-16-33(17-15-32)25-7-5-6-21(2)18-25/h5-11,18,22H,12-17,19H2,1-4H3,(H,30,35). The molecule has 1 amide bonds. The van der Waals surface area contributed by atoms with Crippen LogP contribution in [0.2, 0.25) is 5.15 Å². The number of hydrogen-bond donors (Lipinski definition) is 1. The van der Waals surface area contributed by atoms with Crippen LogP contribution >= 0.6 is 11.6 Å². The van der Waals surface area contributed by atoms with E-state index in [1.807, 2.05) is 6.92 Å². The van der Waals surface area contributed by atoms with Crippen molar-refractivity contribution in [2.75, 3.05) is 37.6 Å². The number of anilines is 1. The van der Waals surface area contributed by atoms with Crippen LogP contribution in [0.25, 0.3) is 0 Å². The lowest BCUT2D eigenvalue weighted by Crippen LogP contribution is -2.47. The molecule has 7 heteroatoms. The van der Waals surface area contributed by atoms with Crippen molar-refractivity contribution in [3.63, 3.8) is 0 Å². The number of amides is 1. The fourth-order valence-corrected chi connectivity index (χ4v) is 4.90. The summed E-state index contributed by atoms with van der Waals surface area (Å²) in [6, 6.07) is 17.0. The van der Waals surface area contributed by atoms with Crippen molar-refractivity contribution in [2.45, 2.75) is 46.7 Å². The molecule has 1 saturated heterocycles. The molecule has 3 aromatic rings. The third kappa shape index (κ3) is 6.44. The van der Waals surface area contributed by atoms with Gasteiger partial charge < -0.3 is 10.2 Å². The Balaban J connectivity index is 1.26. The average Bonchev–Trinajstić information content (AvgIpc) is 3.12. The summed E-state index contributed by atoms with van der Waals surface area (Å²) in [5.41, 5.74) is 6.03. The van der Waals surface area contributed by atoms with E-state index in [0.29, 0.717) is 23.0 Å². The Labute approximate surface area is 213 Å². The molecule has 1 aromatic heterocycles. The molecule has 2 aromatic carbocycles. The minimum absolute atomic E-state index is 0.0493. The van der Waals surface area contributed by atoms with E-state index < -0.39 is 0 Å². The molecule has 0 aliphatic carbocycles. The number of nitrogens with zero attached hydrogens (tertiary/aromatic N) is 4. The second-order valence-electron chi connectivity index (χ2n) is 9.73. The number of benzene rings is 2. The Morgan fingerprint density at radius 2 is 1.74 bits per heavy atom. The number of carbonyl (C=O) groups is 1. The molecule has 1 unspecified atom stereocenters. The van der Waals surface area contributed by atoms with Crippen molar-refractivity contribution in [1.82, 2.24) is 20.0 Å². The Hall–Kier alpha value is -2.83. The monoisotopic (exact) mass is 493 g/mol. The summed E-state index contributed by atoms with van der Waals surface area (Å²) >= 11 is 6.59. The van der Waals surface area contributed by atoms with Crippen molar-refractivity contribution in [3.8, 4) is 0 Å². The van der Waals surface area contributed by atoms with Gasteiger partial charge in [-0.05, 0) is 57.4 Å². The molecular formula is C28H36ClN5O. The number of halogens is 1. The van der Waals surface area contributed by atoms with E-state index in [1.54, 1.807) is 4.68 Å². The first-order valence-electron chi connectivity index (χ1n) is 12.4. The molecule has 0 radical (unpaired) electrons. The number of rotatable bonds is 8. The highest BCUT2D eigenvalue weighted by Gasteiger charge is 2.23. The second kappa shape index (κ2) is 11.3. The van der Waals surface area contributed by atoms with E-state index in [1.165, 1.54) is 16.8 Å². The van der Waals surface area contributed by atoms with Gasteiger partial charge in [0.05, 0.1) is 17.8 Å². The van der Waals surface area contributed by atoms with E-state index in [2.05, 4.69) is 89.5 Å². The Kier molecular flexibility index (Phi) is 8.14. The minimum atomic E-state index is -0.153. The maximum Gasteiger partial charge on any atom is 0.256 e. The van der Waals surface area contributed by atoms with Gasteiger partial charge in [0, 0.05) is 44.5 Å². The molecular weight excluding hydrogens is 458 g/mol. The predicted molar refractivity (Wildman–Crippen MR) is 144 cm³/mol. The van der Waals surface area contributed by atoms with Crippen LogP contribution in [0.3, 0.4) is 0 Å². The zero-order valence-electron chi connectivity index (χ0n) is 21.2. The Bertz CT molecular complexity index is 1150. The summed E-state index contributed by atoms with van der Waals surface area (Å²) in [6.07, 6.45) is 0.893. The Morgan fingerprint density at radius 1 is 1.03 bits per heavy atom. The number of piperazine rings is 1. The molecule has 1 N–H and O–H groups in total. The highest BCUT2D eigenvalue weighted by Crippen LogP contribution is 2.22. The molecule has 1 aliphatic rings. The van der Waals surface area contributed by atoms with Crippen LogP contribution in [-0.4, -0.2) is 59.4 Å². The summed E-state index contributed by atoms with van der Waals surface area (Å²) < 4.78 is 1.70. The summed E-state index contributed by atoms with van der Waals surface area (Å²) in [4.78, 5) is 17.9. The lowest BCUT2D eigenvalue weighted by Gasteiger charge is -2.36. The molecule has 35 heavy (non-hydrogen) atoms. The molecule has 1 atom stereocenters. The molecule has 2 heterocycles. The second-order valence-corrected chi connectivity index (χ2v) is 10.1. The van der Waals surface area contributed by atoms with Gasteiger partial charge in [-0.3, -0.25) is 9.69 Å². The van der Waals surface area contributed by atoms with Crippen molar-refractivity contribution in [2.24, 2.45) is 0 Å². The maximum absolute atomic E-state index is 13.0. The van der Waals surface area contributed by atoms with Gasteiger partial charge in [0.25, 0.3) is 5.91 Å². The third-order valence-electron chi connectivity index (χ3n) is 6.74. The van der Waals surface area contributed by atoms with Crippen LogP contribution < -0.4 is 10.2 Å². The van der Waals surface area contributed by atoms with E-state index >= 15 is 0 Å². The zero-order valence-corrected chi connectivity index (χ0v) is 22.0. The minimum Gasteiger partial charge on any atom is -0.369 e. The fourth-order valence-electron chi connectivity index (χ4n) is 4.58. The van der Waals surface area contributed by atoms with E-state index in [-0.39, 0.29) is 11.9 Å². The van der Waals surface area contributed by atoms with Gasteiger partial charge >= 0.3 is 0 Å². The van der Waals surface area contributed by atoms with Crippen LogP contribution in [-0.2, 0) is 6.54 Å². The van der Waals surface area contributed by atoms with Gasteiger partial charge in [-0.2, -0.15) is 5.10 Å². The topological polar surface area (TPSA) is 53.4 Å². The van der Waals surface area contributed by atoms with Gasteiger partial charge in [0.2, 0.25) is 0 Å². The number of carbonyl (C=O) groups excluding carboxylic acids is 1. The number of hydrogen-bond acceptors (Lipinski definition) is 4. The van der Waals surface area contributed by atoms with Gasteiger partial charge in [0.1, 0.15) is 5.15 Å². The maximum atomic E-state index is 13.0. The highest BCUT2D eigenvalue weighted by atomic mass is 35.5. The number of aromatic nitrogens is 2. The van der Waals surface area contributed by atoms with Crippen LogP contribution in [0, 0.1) is 20.8 Å². The lowest BCUT2D eigenvalue weighted by molar-refractivity contribution is 0.0934. The van der Waals surface area contributed by atoms with Gasteiger partial charge in [-0.1, -0.05) is 53.6 Å². The van der Waals surface area contributed by atoms with E-state index in [9.17, 15) is 4.79 Å². The van der Waals surface area contributed by atoms with E-state index in [0.717, 1.165) is 44.7 Å². The molecule has 6 nitrogen and oxygen atoms in total. The fraction of sp³-hybridized carbons (Fsp3) is 0.429. The predicted octanol–water partition coefficient (Wildman–Crippen LogP) is 4.84. The summed E-state index contributed by atoms with van der Waals surface area (Å²) in [5.74, 6) is -0.153. The summed E-state index contributed by atoms with van der Waals surface area (Å²) in [7, 11) is 0. The van der Waals surface area contributed by atoms with Crippen LogP contribution in [0.1, 0.15) is 46.1 Å². The highest BCUT2D eigenvalue weighted by molar-refractivity contribution is 6.33. The lowest BCUT2D eigenvalue weighted by atomic mass is 10.1. The van der Waals surface area contributed by atoms with Crippen molar-refractivity contribution in [1.29, 1.82) is 0 Å². The number of nitrogens with one attached hydrogen (secondary N) is 1. The van der Waals surface area contributed by atoms with Gasteiger partial charge in [-0.15, -0.1) is 0 Å². The molecule has 0 spiro atoms. The molecule has 0 bridgehead atoms. The van der Waals surface area contributed by atoms with Crippen molar-refractivity contribution < 1.29 is 4.79 Å². The average molecular weight is 494 g/mol. The van der Waals surface area contributed by atoms with Crippen molar-refractivity contribution >= 4 is 23.2 Å². The van der Waals surface area contributed by atoms with E-state index in [4.69, 9.17) is 11.6 Å². The Morgan fingerprint density at radius 3 is 2.43 bits per heavy atom. The molecule has 186 valence electrons. The first-order valence-corrected chi connectivity index (χ1v) is 12.8. The number of aryl methyl sites for hydroxylation is 3. The molecule has 4 rings (SSSR count). The van der Waals surface area contributed by atoms with Crippen LogP contribution in [0.5, 0.6) is 0 Å².